The van der Waals surface area contributed by atoms with Crippen molar-refractivity contribution >= 4 is 17.6 Å². The zero-order valence-corrected chi connectivity index (χ0v) is 16.6. The number of fused-ring (bicyclic) bond motifs is 1. The fraction of sp³-hybridized carbons (Fsp3) is 0.250. The van der Waals surface area contributed by atoms with Gasteiger partial charge in [0, 0.05) is 11.8 Å². The van der Waals surface area contributed by atoms with Crippen molar-refractivity contribution < 1.29 is 18.3 Å². The van der Waals surface area contributed by atoms with Gasteiger partial charge in [0.2, 0.25) is 0 Å². The van der Waals surface area contributed by atoms with Crippen LogP contribution in [0, 0.1) is 17.6 Å². The molecule has 1 N–H and O–H groups in total. The molecule has 4 aromatic rings. The van der Waals surface area contributed by atoms with Crippen molar-refractivity contribution in [2.45, 2.75) is 19.9 Å². The highest BCUT2D eigenvalue weighted by Crippen LogP contribution is 2.32. The van der Waals surface area contributed by atoms with Gasteiger partial charge in [-0.05, 0) is 29.7 Å². The number of halogens is 2. The first-order valence-corrected chi connectivity index (χ1v) is 9.59. The molecule has 3 aromatic heterocycles. The first-order valence-electron chi connectivity index (χ1n) is 9.59. The summed E-state index contributed by atoms with van der Waals surface area (Å²) in [5.74, 6) is -1.07. The van der Waals surface area contributed by atoms with Crippen LogP contribution in [0.1, 0.15) is 13.8 Å². The third-order valence-corrected chi connectivity index (χ3v) is 5.28. The van der Waals surface area contributed by atoms with Gasteiger partial charge in [-0.25, -0.2) is 28.1 Å². The lowest BCUT2D eigenvalue weighted by Gasteiger charge is -2.23. The number of cyclic esters (lactones) is 1. The van der Waals surface area contributed by atoms with E-state index in [4.69, 9.17) is 4.74 Å². The largest absolute Gasteiger partial charge is 0.447 e. The van der Waals surface area contributed by atoms with Crippen LogP contribution in [0.15, 0.2) is 36.9 Å². The van der Waals surface area contributed by atoms with Gasteiger partial charge in [-0.15, -0.1) is 0 Å². The Morgan fingerprint density at radius 3 is 2.71 bits per heavy atom. The van der Waals surface area contributed by atoms with Gasteiger partial charge in [0.15, 0.2) is 11.5 Å². The van der Waals surface area contributed by atoms with Crippen LogP contribution >= 0.6 is 0 Å². The number of aromatic amines is 1. The van der Waals surface area contributed by atoms with Gasteiger partial charge in [0.05, 0.1) is 17.8 Å². The van der Waals surface area contributed by atoms with Crippen LogP contribution in [-0.4, -0.2) is 48.5 Å². The average Bonchev–Trinajstić information content (AvgIpc) is 3.46. The zero-order valence-electron chi connectivity index (χ0n) is 16.6. The van der Waals surface area contributed by atoms with Crippen molar-refractivity contribution in [1.29, 1.82) is 0 Å². The number of ether oxygens (including phenoxy) is 1. The number of carbonyl (C=O) groups excluding carboxylic acids is 1. The molecule has 1 aliphatic heterocycles. The van der Waals surface area contributed by atoms with Crippen LogP contribution in [0.3, 0.4) is 0 Å². The minimum absolute atomic E-state index is 0.00546. The Kier molecular flexibility index (Phi) is 4.38. The summed E-state index contributed by atoms with van der Waals surface area (Å²) in [4.78, 5) is 22.2. The molecule has 0 bridgehead atoms. The minimum Gasteiger partial charge on any atom is -0.447 e. The third kappa shape index (κ3) is 3.09. The van der Waals surface area contributed by atoms with E-state index in [-0.39, 0.29) is 35.5 Å². The summed E-state index contributed by atoms with van der Waals surface area (Å²) in [5.41, 5.74) is 0.719. The lowest BCUT2D eigenvalue weighted by atomic mass is 10.0. The smallest absolute Gasteiger partial charge is 0.415 e. The predicted molar refractivity (Wildman–Crippen MR) is 106 cm³/mol. The molecule has 0 unspecified atom stereocenters. The van der Waals surface area contributed by atoms with Gasteiger partial charge in [-0.3, -0.25) is 10.00 Å². The highest BCUT2D eigenvalue weighted by atomic mass is 19.1. The molecule has 1 saturated heterocycles. The van der Waals surface area contributed by atoms with Gasteiger partial charge < -0.3 is 4.74 Å². The molecule has 0 radical (unpaired) electrons. The Morgan fingerprint density at radius 1 is 1.26 bits per heavy atom. The molecule has 158 valence electrons. The summed E-state index contributed by atoms with van der Waals surface area (Å²) in [6.07, 6.45) is 3.80. The predicted octanol–water partition coefficient (Wildman–Crippen LogP) is 3.44. The molecule has 1 aliphatic rings. The lowest BCUT2D eigenvalue weighted by Crippen LogP contribution is -2.37. The second-order valence-corrected chi connectivity index (χ2v) is 7.52. The summed E-state index contributed by atoms with van der Waals surface area (Å²) < 4.78 is 36.1. The Balaban J connectivity index is 1.60. The minimum atomic E-state index is -0.801. The SMILES string of the molecule is CC(C)[C@H]1COC(=O)N1c1ccn2ncc(-c3cc(F)c(-c4ncn[nH]4)c(F)c3)c2n1. The normalized spacial score (nSPS) is 16.5. The quantitative estimate of drug-likeness (QED) is 0.538. The fourth-order valence-corrected chi connectivity index (χ4v) is 3.67. The number of hydrogen-bond acceptors (Lipinski definition) is 6. The maximum Gasteiger partial charge on any atom is 0.415 e. The number of benzene rings is 1. The Labute approximate surface area is 174 Å². The second kappa shape index (κ2) is 7.11. The van der Waals surface area contributed by atoms with Crippen molar-refractivity contribution in [2.75, 3.05) is 11.5 Å². The van der Waals surface area contributed by atoms with E-state index >= 15 is 0 Å². The van der Waals surface area contributed by atoms with Crippen LogP contribution in [0.2, 0.25) is 0 Å². The molecule has 11 heteroatoms. The van der Waals surface area contributed by atoms with Gasteiger partial charge in [0.25, 0.3) is 0 Å². The van der Waals surface area contributed by atoms with E-state index < -0.39 is 17.7 Å². The third-order valence-electron chi connectivity index (χ3n) is 5.28. The van der Waals surface area contributed by atoms with Gasteiger partial charge in [-0.2, -0.15) is 10.2 Å². The molecule has 1 atom stereocenters. The van der Waals surface area contributed by atoms with E-state index in [0.717, 1.165) is 0 Å². The van der Waals surface area contributed by atoms with Crippen LogP contribution in [-0.2, 0) is 4.74 Å². The maximum absolute atomic E-state index is 14.7. The van der Waals surface area contributed by atoms with Crippen molar-refractivity contribution in [2.24, 2.45) is 5.92 Å². The Bertz CT molecular complexity index is 1260. The summed E-state index contributed by atoms with van der Waals surface area (Å²) in [7, 11) is 0. The zero-order chi connectivity index (χ0) is 21.7. The molecule has 5 rings (SSSR count). The first kappa shape index (κ1) is 19.1. The topological polar surface area (TPSA) is 101 Å². The molecular weight excluding hydrogens is 408 g/mol. The standard InChI is InChI=1S/C20H17F2N7O2/c1-10(2)15-8-31-20(30)29(15)16-3-4-28-19(26-16)12(7-25-28)11-5-13(21)17(14(22)6-11)18-23-9-24-27-18/h3-7,9-10,15H,8H2,1-2H3,(H,23,24,27)/t15-/m1/s1. The van der Waals surface area contributed by atoms with Crippen LogP contribution in [0.4, 0.5) is 19.4 Å². The molecule has 4 heterocycles. The number of amides is 1. The Morgan fingerprint density at radius 2 is 2.03 bits per heavy atom. The molecule has 1 amide bonds. The Hall–Kier alpha value is -3.89. The maximum atomic E-state index is 14.7. The van der Waals surface area contributed by atoms with E-state index in [1.165, 1.54) is 34.1 Å². The monoisotopic (exact) mass is 425 g/mol. The van der Waals surface area contributed by atoms with Crippen LogP contribution in [0.25, 0.3) is 28.2 Å². The second-order valence-electron chi connectivity index (χ2n) is 7.52. The summed E-state index contributed by atoms with van der Waals surface area (Å²) >= 11 is 0. The van der Waals surface area contributed by atoms with Gasteiger partial charge in [0.1, 0.15) is 30.4 Å². The van der Waals surface area contributed by atoms with Crippen molar-refractivity contribution in [1.82, 2.24) is 29.8 Å². The molecule has 0 saturated carbocycles. The van der Waals surface area contributed by atoms with E-state index in [9.17, 15) is 13.6 Å². The van der Waals surface area contributed by atoms with E-state index in [1.54, 1.807) is 12.3 Å². The lowest BCUT2D eigenvalue weighted by molar-refractivity contribution is 0.177. The number of hydrogen-bond donors (Lipinski definition) is 1. The fourth-order valence-electron chi connectivity index (χ4n) is 3.67. The number of anilines is 1. The molecule has 0 aliphatic carbocycles. The number of aromatic nitrogens is 6. The molecule has 1 aromatic carbocycles. The van der Waals surface area contributed by atoms with Gasteiger partial charge >= 0.3 is 6.09 Å². The number of carbonyl (C=O) groups is 1. The number of nitrogens with one attached hydrogen (secondary N) is 1. The number of rotatable bonds is 4. The van der Waals surface area contributed by atoms with Crippen molar-refractivity contribution in [3.8, 4) is 22.5 Å². The highest BCUT2D eigenvalue weighted by Gasteiger charge is 2.37. The van der Waals surface area contributed by atoms with E-state index in [2.05, 4.69) is 25.3 Å². The average molecular weight is 425 g/mol. The van der Waals surface area contributed by atoms with Crippen molar-refractivity contribution in [3.05, 3.63) is 48.6 Å². The highest BCUT2D eigenvalue weighted by molar-refractivity contribution is 5.90. The summed E-state index contributed by atoms with van der Waals surface area (Å²) in [5, 5.41) is 10.3. The summed E-state index contributed by atoms with van der Waals surface area (Å²) in [6, 6.07) is 3.87. The van der Waals surface area contributed by atoms with E-state index in [1.807, 2.05) is 13.8 Å². The van der Waals surface area contributed by atoms with Gasteiger partial charge in [-0.1, -0.05) is 13.8 Å². The molecular formula is C20H17F2N7O2. The first-order chi connectivity index (χ1) is 14.9. The molecule has 31 heavy (non-hydrogen) atoms. The molecule has 1 fully saturated rings. The van der Waals surface area contributed by atoms with Crippen LogP contribution < -0.4 is 4.90 Å². The molecule has 9 nitrogen and oxygen atoms in total. The number of H-pyrrole nitrogens is 1. The summed E-state index contributed by atoms with van der Waals surface area (Å²) in [6.45, 7) is 4.25. The van der Waals surface area contributed by atoms with Crippen molar-refractivity contribution in [3.63, 3.8) is 0 Å². The van der Waals surface area contributed by atoms with E-state index in [0.29, 0.717) is 17.0 Å². The number of nitrogens with zero attached hydrogens (tertiary/aromatic N) is 6. The molecule has 0 spiro atoms. The van der Waals surface area contributed by atoms with Crippen LogP contribution in [0.5, 0.6) is 0 Å².